The average molecular weight is 422 g/mol. The Bertz CT molecular complexity index is 1060. The molecule has 29 heavy (non-hydrogen) atoms. The first-order valence-corrected chi connectivity index (χ1v) is 9.27. The molecule has 0 radical (unpaired) electrons. The quantitative estimate of drug-likeness (QED) is 0.449. The Morgan fingerprint density at radius 2 is 1.86 bits per heavy atom. The predicted molar refractivity (Wildman–Crippen MR) is 105 cm³/mol. The summed E-state index contributed by atoms with van der Waals surface area (Å²) in [6.45, 7) is 1.89. The van der Waals surface area contributed by atoms with Gasteiger partial charge in [-0.2, -0.15) is 13.2 Å². The Labute approximate surface area is 170 Å². The summed E-state index contributed by atoms with van der Waals surface area (Å²) in [6, 6.07) is 12.8. The van der Waals surface area contributed by atoms with E-state index < -0.39 is 23.6 Å². The molecule has 0 aliphatic carbocycles. The molecule has 2 nitrogen and oxygen atoms in total. The molecule has 1 atom stereocenters. The van der Waals surface area contributed by atoms with Gasteiger partial charge in [0.25, 0.3) is 0 Å². The van der Waals surface area contributed by atoms with E-state index in [-0.39, 0.29) is 6.61 Å². The van der Waals surface area contributed by atoms with Crippen LogP contribution in [0.1, 0.15) is 22.7 Å². The molecule has 1 N–H and O–H groups in total. The van der Waals surface area contributed by atoms with Crippen molar-refractivity contribution in [2.45, 2.75) is 19.1 Å². The zero-order chi connectivity index (χ0) is 20.8. The minimum atomic E-state index is -4.42. The van der Waals surface area contributed by atoms with Crippen molar-refractivity contribution < 1.29 is 22.3 Å². The molecule has 1 unspecified atom stereocenters. The van der Waals surface area contributed by atoms with Gasteiger partial charge in [0, 0.05) is 10.6 Å². The number of rotatable bonds is 2. The van der Waals surface area contributed by atoms with Gasteiger partial charge in [-0.15, -0.1) is 0 Å². The zero-order valence-corrected chi connectivity index (χ0v) is 16.0. The Kier molecular flexibility index (Phi) is 4.90. The van der Waals surface area contributed by atoms with Crippen molar-refractivity contribution in [2.75, 3.05) is 11.9 Å². The molecule has 4 rings (SSSR count). The number of fused-ring (bicyclic) bond motifs is 1. The van der Waals surface area contributed by atoms with E-state index in [4.69, 9.17) is 16.3 Å². The predicted octanol–water partition coefficient (Wildman–Crippen LogP) is 7.02. The van der Waals surface area contributed by atoms with Gasteiger partial charge in [-0.05, 0) is 60.0 Å². The standard InChI is InChI=1S/C22H16ClF4NO/c1-12-5-7-14(22(25,26)27)10-15(12)13-6-8-18-20(9-13)29-11-19(28-18)21-16(23)3-2-4-17(21)24/h2-10,19,28H,11H2,1H3. The fourth-order valence-corrected chi connectivity index (χ4v) is 3.73. The minimum Gasteiger partial charge on any atom is -0.489 e. The van der Waals surface area contributed by atoms with Crippen molar-refractivity contribution >= 4 is 17.3 Å². The highest BCUT2D eigenvalue weighted by molar-refractivity contribution is 6.31. The third-order valence-corrected chi connectivity index (χ3v) is 5.27. The summed E-state index contributed by atoms with van der Waals surface area (Å²) in [7, 11) is 0. The van der Waals surface area contributed by atoms with Gasteiger partial charge in [0.05, 0.1) is 17.3 Å². The fourth-order valence-electron chi connectivity index (χ4n) is 3.44. The second kappa shape index (κ2) is 7.26. The lowest BCUT2D eigenvalue weighted by molar-refractivity contribution is -0.137. The lowest BCUT2D eigenvalue weighted by Gasteiger charge is -2.29. The Morgan fingerprint density at radius 3 is 2.59 bits per heavy atom. The normalized spacial score (nSPS) is 16.0. The monoisotopic (exact) mass is 421 g/mol. The number of nitrogens with one attached hydrogen (secondary N) is 1. The third kappa shape index (κ3) is 3.77. The second-order valence-electron chi connectivity index (χ2n) is 6.88. The van der Waals surface area contributed by atoms with Crippen molar-refractivity contribution in [1.82, 2.24) is 0 Å². The van der Waals surface area contributed by atoms with Gasteiger partial charge < -0.3 is 10.1 Å². The molecule has 1 aliphatic rings. The van der Waals surface area contributed by atoms with E-state index in [1.165, 1.54) is 18.2 Å². The van der Waals surface area contributed by atoms with Crippen LogP contribution in [0.25, 0.3) is 11.1 Å². The van der Waals surface area contributed by atoms with Gasteiger partial charge in [-0.1, -0.05) is 29.8 Å². The summed E-state index contributed by atoms with van der Waals surface area (Å²) < 4.78 is 59.2. The van der Waals surface area contributed by atoms with E-state index in [1.54, 1.807) is 31.2 Å². The van der Waals surface area contributed by atoms with E-state index in [0.717, 1.165) is 17.7 Å². The number of benzene rings is 3. The van der Waals surface area contributed by atoms with Crippen molar-refractivity contribution in [1.29, 1.82) is 0 Å². The molecular weight excluding hydrogens is 406 g/mol. The van der Waals surface area contributed by atoms with E-state index in [1.807, 2.05) is 0 Å². The van der Waals surface area contributed by atoms with Gasteiger partial charge in [0.2, 0.25) is 0 Å². The van der Waals surface area contributed by atoms with Crippen molar-refractivity contribution in [3.8, 4) is 16.9 Å². The van der Waals surface area contributed by atoms with Crippen LogP contribution in [-0.4, -0.2) is 6.61 Å². The molecule has 0 bridgehead atoms. The molecule has 150 valence electrons. The Balaban J connectivity index is 1.67. The smallest absolute Gasteiger partial charge is 0.416 e. The van der Waals surface area contributed by atoms with E-state index in [9.17, 15) is 17.6 Å². The summed E-state index contributed by atoms with van der Waals surface area (Å²) in [4.78, 5) is 0. The highest BCUT2D eigenvalue weighted by atomic mass is 35.5. The van der Waals surface area contributed by atoms with Gasteiger partial charge in [-0.25, -0.2) is 4.39 Å². The van der Waals surface area contributed by atoms with Crippen LogP contribution in [0.3, 0.4) is 0 Å². The van der Waals surface area contributed by atoms with Crippen molar-refractivity contribution in [2.24, 2.45) is 0 Å². The third-order valence-electron chi connectivity index (χ3n) is 4.94. The van der Waals surface area contributed by atoms with Crippen LogP contribution < -0.4 is 10.1 Å². The minimum absolute atomic E-state index is 0.138. The summed E-state index contributed by atoms with van der Waals surface area (Å²) in [5.41, 5.74) is 2.04. The molecule has 7 heteroatoms. The largest absolute Gasteiger partial charge is 0.489 e. The average Bonchev–Trinajstić information content (AvgIpc) is 2.67. The lowest BCUT2D eigenvalue weighted by atomic mass is 9.96. The maximum atomic E-state index is 14.2. The first-order chi connectivity index (χ1) is 13.7. The van der Waals surface area contributed by atoms with E-state index in [2.05, 4.69) is 5.32 Å². The lowest BCUT2D eigenvalue weighted by Crippen LogP contribution is -2.25. The van der Waals surface area contributed by atoms with Gasteiger partial charge >= 0.3 is 6.18 Å². The SMILES string of the molecule is Cc1ccc(C(F)(F)F)cc1-c1ccc2c(c1)OCC(c1c(F)cccc1Cl)N2. The molecule has 0 spiro atoms. The zero-order valence-electron chi connectivity index (χ0n) is 15.3. The van der Waals surface area contributed by atoms with Crippen LogP contribution in [0.4, 0.5) is 23.2 Å². The molecule has 0 fully saturated rings. The maximum absolute atomic E-state index is 14.2. The molecule has 3 aromatic rings. The van der Waals surface area contributed by atoms with Crippen LogP contribution >= 0.6 is 11.6 Å². The number of anilines is 1. The van der Waals surface area contributed by atoms with Crippen molar-refractivity contribution in [3.63, 3.8) is 0 Å². The Morgan fingerprint density at radius 1 is 1.07 bits per heavy atom. The van der Waals surface area contributed by atoms with Crippen LogP contribution in [0, 0.1) is 12.7 Å². The molecular formula is C22H16ClF4NO. The molecule has 0 aromatic heterocycles. The fraction of sp³-hybridized carbons (Fsp3) is 0.182. The number of alkyl halides is 3. The van der Waals surface area contributed by atoms with Crippen LogP contribution in [0.15, 0.2) is 54.6 Å². The molecule has 0 amide bonds. The number of aryl methyl sites for hydroxylation is 1. The van der Waals surface area contributed by atoms with Crippen LogP contribution in [-0.2, 0) is 6.18 Å². The number of halogens is 5. The molecule has 1 heterocycles. The summed E-state index contributed by atoms with van der Waals surface area (Å²) >= 11 is 6.14. The van der Waals surface area contributed by atoms with Gasteiger partial charge in [0.1, 0.15) is 18.2 Å². The molecule has 0 saturated heterocycles. The Hall–Kier alpha value is -2.73. The summed E-state index contributed by atoms with van der Waals surface area (Å²) in [5.74, 6) is 0.0567. The summed E-state index contributed by atoms with van der Waals surface area (Å²) in [5, 5.41) is 3.49. The molecule has 0 saturated carbocycles. The first-order valence-electron chi connectivity index (χ1n) is 8.89. The molecule has 3 aromatic carbocycles. The number of hydrogen-bond donors (Lipinski definition) is 1. The van der Waals surface area contributed by atoms with E-state index >= 15 is 0 Å². The second-order valence-corrected chi connectivity index (χ2v) is 7.29. The molecule has 1 aliphatic heterocycles. The number of ether oxygens (including phenoxy) is 1. The summed E-state index contributed by atoms with van der Waals surface area (Å²) in [6.07, 6.45) is -4.42. The number of hydrogen-bond acceptors (Lipinski definition) is 2. The van der Waals surface area contributed by atoms with Crippen molar-refractivity contribution in [3.05, 3.63) is 82.1 Å². The topological polar surface area (TPSA) is 21.3 Å². The highest BCUT2D eigenvalue weighted by Crippen LogP contribution is 2.40. The first kappa shape index (κ1) is 19.6. The van der Waals surface area contributed by atoms with Crippen LogP contribution in [0.5, 0.6) is 5.75 Å². The maximum Gasteiger partial charge on any atom is 0.416 e. The van der Waals surface area contributed by atoms with E-state index in [0.29, 0.717) is 33.1 Å². The highest BCUT2D eigenvalue weighted by Gasteiger charge is 2.31. The van der Waals surface area contributed by atoms with Gasteiger partial charge in [-0.3, -0.25) is 0 Å². The van der Waals surface area contributed by atoms with Crippen LogP contribution in [0.2, 0.25) is 5.02 Å². The van der Waals surface area contributed by atoms with Gasteiger partial charge in [0.15, 0.2) is 0 Å².